The van der Waals surface area contributed by atoms with Crippen LogP contribution in [-0.4, -0.2) is 24.9 Å². The number of aryl methyl sites for hydroxylation is 1. The van der Waals surface area contributed by atoms with Crippen molar-refractivity contribution in [2.75, 3.05) is 18.0 Å². The molecule has 1 aliphatic heterocycles. The first-order valence-electron chi connectivity index (χ1n) is 8.69. The zero-order valence-corrected chi connectivity index (χ0v) is 14.5. The Bertz CT molecular complexity index is 568. The molecule has 0 spiro atoms. The Morgan fingerprint density at radius 3 is 2.78 bits per heavy atom. The van der Waals surface area contributed by atoms with Gasteiger partial charge in [0, 0.05) is 25.2 Å². The monoisotopic (exact) mass is 316 g/mol. The number of hydrogen-bond donors (Lipinski definition) is 1. The minimum absolute atomic E-state index is 0.0163. The van der Waals surface area contributed by atoms with Crippen molar-refractivity contribution in [3.8, 4) is 0 Å². The van der Waals surface area contributed by atoms with Gasteiger partial charge in [0.05, 0.1) is 5.92 Å². The lowest BCUT2D eigenvalue weighted by molar-refractivity contribution is -0.126. The van der Waals surface area contributed by atoms with E-state index in [-0.39, 0.29) is 17.7 Å². The third-order valence-electron chi connectivity index (χ3n) is 4.69. The summed E-state index contributed by atoms with van der Waals surface area (Å²) in [5.41, 5.74) is 3.22. The number of unbranched alkanes of at least 4 members (excludes halogenated alkanes) is 3. The number of benzene rings is 1. The van der Waals surface area contributed by atoms with Crippen LogP contribution in [0.5, 0.6) is 0 Å². The molecule has 23 heavy (non-hydrogen) atoms. The zero-order chi connectivity index (χ0) is 16.8. The minimum atomic E-state index is -0.228. The van der Waals surface area contributed by atoms with Crippen molar-refractivity contribution < 1.29 is 9.59 Å². The van der Waals surface area contributed by atoms with Crippen LogP contribution in [0.2, 0.25) is 0 Å². The predicted octanol–water partition coefficient (Wildman–Crippen LogP) is 3.35. The van der Waals surface area contributed by atoms with Gasteiger partial charge in [0.15, 0.2) is 0 Å². The first-order valence-corrected chi connectivity index (χ1v) is 8.69. The van der Waals surface area contributed by atoms with Crippen molar-refractivity contribution in [3.63, 3.8) is 0 Å². The Hall–Kier alpha value is -1.84. The highest BCUT2D eigenvalue weighted by molar-refractivity contribution is 6.00. The Balaban J connectivity index is 1.92. The number of amides is 2. The van der Waals surface area contributed by atoms with Gasteiger partial charge in [-0.3, -0.25) is 9.59 Å². The number of anilines is 1. The SMILES string of the molecule is CCCCCCNC(=O)C1CC(=O)N(c2cccc(C)c2C)C1. The van der Waals surface area contributed by atoms with Crippen LogP contribution in [0.4, 0.5) is 5.69 Å². The maximum Gasteiger partial charge on any atom is 0.227 e. The van der Waals surface area contributed by atoms with Crippen molar-refractivity contribution in [2.45, 2.75) is 52.9 Å². The third-order valence-corrected chi connectivity index (χ3v) is 4.69. The topological polar surface area (TPSA) is 49.4 Å². The lowest BCUT2D eigenvalue weighted by Gasteiger charge is -2.20. The van der Waals surface area contributed by atoms with Gasteiger partial charge in [-0.1, -0.05) is 38.3 Å². The Labute approximate surface area is 139 Å². The minimum Gasteiger partial charge on any atom is -0.356 e. The van der Waals surface area contributed by atoms with E-state index in [2.05, 4.69) is 12.2 Å². The molecule has 0 aromatic heterocycles. The van der Waals surface area contributed by atoms with Crippen molar-refractivity contribution in [1.29, 1.82) is 0 Å². The molecule has 1 aliphatic rings. The van der Waals surface area contributed by atoms with Gasteiger partial charge >= 0.3 is 0 Å². The molecule has 2 rings (SSSR count). The van der Waals surface area contributed by atoms with E-state index in [1.165, 1.54) is 18.4 Å². The van der Waals surface area contributed by atoms with Crippen LogP contribution < -0.4 is 10.2 Å². The predicted molar refractivity (Wildman–Crippen MR) is 93.5 cm³/mol. The van der Waals surface area contributed by atoms with E-state index >= 15 is 0 Å². The second-order valence-electron chi connectivity index (χ2n) is 6.48. The molecule has 1 saturated heterocycles. The molecule has 4 nitrogen and oxygen atoms in total. The molecule has 126 valence electrons. The van der Waals surface area contributed by atoms with Crippen LogP contribution in [0, 0.1) is 19.8 Å². The van der Waals surface area contributed by atoms with Crippen LogP contribution in [0.3, 0.4) is 0 Å². The second-order valence-corrected chi connectivity index (χ2v) is 6.48. The number of rotatable bonds is 7. The average molecular weight is 316 g/mol. The van der Waals surface area contributed by atoms with Gasteiger partial charge < -0.3 is 10.2 Å². The molecule has 1 N–H and O–H groups in total. The third kappa shape index (κ3) is 4.34. The van der Waals surface area contributed by atoms with Crippen LogP contribution in [0.15, 0.2) is 18.2 Å². The van der Waals surface area contributed by atoms with Crippen LogP contribution in [-0.2, 0) is 9.59 Å². The number of carbonyl (C=O) groups excluding carboxylic acids is 2. The number of nitrogens with zero attached hydrogens (tertiary/aromatic N) is 1. The molecule has 0 bridgehead atoms. The summed E-state index contributed by atoms with van der Waals surface area (Å²) < 4.78 is 0. The number of hydrogen-bond acceptors (Lipinski definition) is 2. The number of carbonyl (C=O) groups is 2. The van der Waals surface area contributed by atoms with Gasteiger partial charge in [-0.15, -0.1) is 0 Å². The fraction of sp³-hybridized carbons (Fsp3) is 0.579. The highest BCUT2D eigenvalue weighted by atomic mass is 16.2. The van der Waals surface area contributed by atoms with Crippen LogP contribution >= 0.6 is 0 Å². The van der Waals surface area contributed by atoms with Gasteiger partial charge in [-0.05, 0) is 37.5 Å². The van der Waals surface area contributed by atoms with Gasteiger partial charge in [0.2, 0.25) is 11.8 Å². The summed E-state index contributed by atoms with van der Waals surface area (Å²) in [5, 5.41) is 2.98. The van der Waals surface area contributed by atoms with Crippen LogP contribution in [0.25, 0.3) is 0 Å². The average Bonchev–Trinajstić information content (AvgIpc) is 2.91. The summed E-state index contributed by atoms with van der Waals surface area (Å²) in [4.78, 5) is 26.3. The Morgan fingerprint density at radius 1 is 1.26 bits per heavy atom. The van der Waals surface area contributed by atoms with Crippen LogP contribution in [0.1, 0.15) is 50.2 Å². The first-order chi connectivity index (χ1) is 11.0. The molecule has 2 amide bonds. The van der Waals surface area contributed by atoms with E-state index in [4.69, 9.17) is 0 Å². The molecule has 0 saturated carbocycles. The molecule has 0 aliphatic carbocycles. The number of nitrogens with one attached hydrogen (secondary N) is 1. The molecule has 1 heterocycles. The lowest BCUT2D eigenvalue weighted by atomic mass is 10.1. The highest BCUT2D eigenvalue weighted by Gasteiger charge is 2.35. The quantitative estimate of drug-likeness (QED) is 0.784. The van der Waals surface area contributed by atoms with Crippen molar-refractivity contribution in [3.05, 3.63) is 29.3 Å². The van der Waals surface area contributed by atoms with Gasteiger partial charge in [-0.2, -0.15) is 0 Å². The van der Waals surface area contributed by atoms with E-state index in [1.807, 2.05) is 32.0 Å². The van der Waals surface area contributed by atoms with Gasteiger partial charge in [0.25, 0.3) is 0 Å². The molecular formula is C19H28N2O2. The van der Waals surface area contributed by atoms with Gasteiger partial charge in [0.1, 0.15) is 0 Å². The fourth-order valence-electron chi connectivity index (χ4n) is 3.05. The molecule has 1 aromatic carbocycles. The molecule has 1 atom stereocenters. The van der Waals surface area contributed by atoms with Crippen molar-refractivity contribution in [1.82, 2.24) is 5.32 Å². The molecule has 1 unspecified atom stereocenters. The second kappa shape index (κ2) is 8.14. The summed E-state index contributed by atoms with van der Waals surface area (Å²) in [5.74, 6) is -0.166. The maximum absolute atomic E-state index is 12.3. The van der Waals surface area contributed by atoms with Crippen molar-refractivity contribution >= 4 is 17.5 Å². The lowest BCUT2D eigenvalue weighted by Crippen LogP contribution is -2.33. The van der Waals surface area contributed by atoms with E-state index in [9.17, 15) is 9.59 Å². The van der Waals surface area contributed by atoms with Gasteiger partial charge in [-0.25, -0.2) is 0 Å². The molecule has 4 heteroatoms. The smallest absolute Gasteiger partial charge is 0.227 e. The Morgan fingerprint density at radius 2 is 2.04 bits per heavy atom. The first kappa shape index (κ1) is 17.5. The summed E-state index contributed by atoms with van der Waals surface area (Å²) in [6, 6.07) is 5.97. The zero-order valence-electron chi connectivity index (χ0n) is 14.5. The molecule has 1 fully saturated rings. The largest absolute Gasteiger partial charge is 0.356 e. The summed E-state index contributed by atoms with van der Waals surface area (Å²) in [6.45, 7) is 7.44. The molecule has 0 radical (unpaired) electrons. The standard InChI is InChI=1S/C19H28N2O2/c1-4-5-6-7-11-20-19(23)16-12-18(22)21(13-16)17-10-8-9-14(2)15(17)3/h8-10,16H,4-7,11-13H2,1-3H3,(H,20,23). The fourth-order valence-corrected chi connectivity index (χ4v) is 3.05. The van der Waals surface area contributed by atoms with E-state index < -0.39 is 0 Å². The maximum atomic E-state index is 12.3. The summed E-state index contributed by atoms with van der Waals surface area (Å²) in [7, 11) is 0. The van der Waals surface area contributed by atoms with Crippen molar-refractivity contribution in [2.24, 2.45) is 5.92 Å². The van der Waals surface area contributed by atoms with E-state index in [1.54, 1.807) is 4.90 Å². The Kier molecular flexibility index (Phi) is 6.20. The summed E-state index contributed by atoms with van der Waals surface area (Å²) >= 11 is 0. The summed E-state index contributed by atoms with van der Waals surface area (Å²) in [6.07, 6.45) is 4.87. The van der Waals surface area contributed by atoms with E-state index in [0.29, 0.717) is 19.5 Å². The van der Waals surface area contributed by atoms with E-state index in [0.717, 1.165) is 24.1 Å². The molecular weight excluding hydrogens is 288 g/mol. The molecule has 1 aromatic rings. The normalized spacial score (nSPS) is 17.6. The highest BCUT2D eigenvalue weighted by Crippen LogP contribution is 2.29.